The highest BCUT2D eigenvalue weighted by molar-refractivity contribution is 8.18. The smallest absolute Gasteiger partial charge is 0.293 e. The molecule has 33 heavy (non-hydrogen) atoms. The molecule has 0 aliphatic carbocycles. The summed E-state index contributed by atoms with van der Waals surface area (Å²) in [6, 6.07) is 9.26. The number of pyridine rings is 1. The first-order valence-electron chi connectivity index (χ1n) is 10.4. The van der Waals surface area contributed by atoms with Gasteiger partial charge in [0.2, 0.25) is 10.0 Å². The van der Waals surface area contributed by atoms with Crippen molar-refractivity contribution in [1.82, 2.24) is 19.5 Å². The van der Waals surface area contributed by atoms with E-state index in [9.17, 15) is 22.8 Å². The second kappa shape index (κ2) is 9.86. The van der Waals surface area contributed by atoms with Gasteiger partial charge in [-0.25, -0.2) is 8.42 Å². The summed E-state index contributed by atoms with van der Waals surface area (Å²) in [7, 11) is -3.54. The summed E-state index contributed by atoms with van der Waals surface area (Å²) in [6.07, 6.45) is 6.51. The van der Waals surface area contributed by atoms with E-state index >= 15 is 0 Å². The summed E-state index contributed by atoms with van der Waals surface area (Å²) in [6.45, 7) is 1.12. The third-order valence-corrected chi connectivity index (χ3v) is 8.12. The molecule has 2 aromatic rings. The van der Waals surface area contributed by atoms with E-state index in [4.69, 9.17) is 0 Å². The Morgan fingerprint density at radius 1 is 1.12 bits per heavy atom. The van der Waals surface area contributed by atoms with Gasteiger partial charge in [0.25, 0.3) is 17.1 Å². The molecule has 0 atom stereocenters. The Balaban J connectivity index is 1.32. The molecule has 0 radical (unpaired) electrons. The lowest BCUT2D eigenvalue weighted by molar-refractivity contribution is -0.122. The second-order valence-electron chi connectivity index (χ2n) is 7.51. The van der Waals surface area contributed by atoms with Gasteiger partial charge in [-0.15, -0.1) is 0 Å². The number of amides is 3. The van der Waals surface area contributed by atoms with Crippen LogP contribution in [0.25, 0.3) is 6.08 Å². The number of hydrogen-bond donors (Lipinski definition) is 1. The third-order valence-electron chi connectivity index (χ3n) is 5.30. The zero-order valence-electron chi connectivity index (χ0n) is 17.6. The van der Waals surface area contributed by atoms with Crippen molar-refractivity contribution >= 4 is 44.9 Å². The van der Waals surface area contributed by atoms with Gasteiger partial charge in [-0.1, -0.05) is 6.07 Å². The number of carbonyl (C=O) groups is 3. The van der Waals surface area contributed by atoms with Crippen LogP contribution in [-0.2, 0) is 14.8 Å². The lowest BCUT2D eigenvalue weighted by atomic mass is 10.2. The van der Waals surface area contributed by atoms with Crippen molar-refractivity contribution in [3.63, 3.8) is 0 Å². The predicted octanol–water partition coefficient (Wildman–Crippen LogP) is 2.33. The van der Waals surface area contributed by atoms with E-state index in [1.165, 1.54) is 28.6 Å². The van der Waals surface area contributed by atoms with Gasteiger partial charge >= 0.3 is 0 Å². The minimum Gasteiger partial charge on any atom is -0.350 e. The molecule has 2 saturated heterocycles. The van der Waals surface area contributed by atoms with Gasteiger partial charge in [-0.2, -0.15) is 4.31 Å². The summed E-state index contributed by atoms with van der Waals surface area (Å²) in [4.78, 5) is 42.7. The predicted molar refractivity (Wildman–Crippen MR) is 124 cm³/mol. The first-order valence-corrected chi connectivity index (χ1v) is 12.7. The van der Waals surface area contributed by atoms with Crippen LogP contribution in [0.2, 0.25) is 0 Å². The van der Waals surface area contributed by atoms with E-state index in [0.29, 0.717) is 29.1 Å². The fraction of sp³-hybridized carbons (Fsp3) is 0.273. The van der Waals surface area contributed by atoms with Crippen molar-refractivity contribution in [2.45, 2.75) is 17.7 Å². The molecule has 172 valence electrons. The number of benzene rings is 1. The molecule has 0 saturated carbocycles. The molecule has 1 aromatic heterocycles. The number of carbonyl (C=O) groups excluding carboxylic acids is 3. The molecule has 0 spiro atoms. The molecule has 4 rings (SSSR count). The van der Waals surface area contributed by atoms with Crippen molar-refractivity contribution in [1.29, 1.82) is 0 Å². The minimum absolute atomic E-state index is 0.0300. The monoisotopic (exact) mass is 486 g/mol. The number of aromatic nitrogens is 1. The molecular formula is C22H22N4O5S2. The van der Waals surface area contributed by atoms with Crippen LogP contribution in [0.4, 0.5) is 4.79 Å². The molecule has 9 nitrogen and oxygen atoms in total. The normalized spacial score (nSPS) is 18.3. The lowest BCUT2D eigenvalue weighted by Crippen LogP contribution is -2.37. The number of rotatable bonds is 7. The summed E-state index contributed by atoms with van der Waals surface area (Å²) in [5, 5.41) is 2.26. The Labute approximate surface area is 195 Å². The second-order valence-corrected chi connectivity index (χ2v) is 10.4. The first-order chi connectivity index (χ1) is 15.9. The van der Waals surface area contributed by atoms with Gasteiger partial charge in [-0.3, -0.25) is 24.3 Å². The Morgan fingerprint density at radius 2 is 1.85 bits per heavy atom. The number of thioether (sulfide) groups is 1. The van der Waals surface area contributed by atoms with Gasteiger partial charge < -0.3 is 5.32 Å². The molecule has 0 bridgehead atoms. The minimum atomic E-state index is -3.54. The summed E-state index contributed by atoms with van der Waals surface area (Å²) >= 11 is 0.843. The molecular weight excluding hydrogens is 464 g/mol. The van der Waals surface area contributed by atoms with E-state index in [-0.39, 0.29) is 18.0 Å². The molecule has 1 N–H and O–H groups in total. The van der Waals surface area contributed by atoms with Crippen LogP contribution in [-0.4, -0.2) is 65.8 Å². The van der Waals surface area contributed by atoms with Crippen LogP contribution >= 0.6 is 11.8 Å². The van der Waals surface area contributed by atoms with Crippen LogP contribution in [0, 0.1) is 0 Å². The third kappa shape index (κ3) is 5.15. The van der Waals surface area contributed by atoms with Crippen LogP contribution in [0.5, 0.6) is 0 Å². The largest absolute Gasteiger partial charge is 0.350 e. The molecule has 11 heteroatoms. The molecule has 3 amide bonds. The average Bonchev–Trinajstić information content (AvgIpc) is 3.45. The summed E-state index contributed by atoms with van der Waals surface area (Å²) < 4.78 is 26.6. The SMILES string of the molecule is O=C(NCCN1C(=O)S/C(=C/c2cccnc2)C1=O)c1ccc(S(=O)(=O)N2CCCC2)cc1. The number of sulfonamides is 1. The highest BCUT2D eigenvalue weighted by Crippen LogP contribution is 2.31. The Hall–Kier alpha value is -3.02. The lowest BCUT2D eigenvalue weighted by Gasteiger charge is -2.16. The standard InChI is InChI=1S/C22H22N4O5S2/c27-20(17-5-7-18(8-6-17)33(30,31)25-11-1-2-12-25)24-10-13-26-21(28)19(32-22(26)29)14-16-4-3-9-23-15-16/h3-9,14-15H,1-2,10-13H2,(H,24,27)/b19-14+. The number of nitrogens with one attached hydrogen (secondary N) is 1. The van der Waals surface area contributed by atoms with E-state index in [2.05, 4.69) is 10.3 Å². The molecule has 2 fully saturated rings. The zero-order chi connectivity index (χ0) is 23.4. The zero-order valence-corrected chi connectivity index (χ0v) is 19.3. The highest BCUT2D eigenvalue weighted by atomic mass is 32.2. The van der Waals surface area contributed by atoms with Crippen LogP contribution < -0.4 is 5.32 Å². The van der Waals surface area contributed by atoms with Crippen molar-refractivity contribution in [2.75, 3.05) is 26.2 Å². The number of nitrogens with zero attached hydrogens (tertiary/aromatic N) is 3. The molecule has 3 heterocycles. The van der Waals surface area contributed by atoms with E-state index in [1.807, 2.05) is 0 Å². The quantitative estimate of drug-likeness (QED) is 0.597. The molecule has 2 aliphatic heterocycles. The maximum Gasteiger partial charge on any atom is 0.293 e. The Kier molecular flexibility index (Phi) is 6.91. The maximum atomic E-state index is 12.6. The highest BCUT2D eigenvalue weighted by Gasteiger charge is 2.34. The van der Waals surface area contributed by atoms with Crippen molar-refractivity contribution in [3.05, 3.63) is 64.8 Å². The molecule has 1 aromatic carbocycles. The molecule has 2 aliphatic rings. The van der Waals surface area contributed by atoms with Gasteiger partial charge in [0.1, 0.15) is 0 Å². The average molecular weight is 487 g/mol. The Morgan fingerprint density at radius 3 is 2.52 bits per heavy atom. The van der Waals surface area contributed by atoms with Gasteiger partial charge in [0.15, 0.2) is 0 Å². The van der Waals surface area contributed by atoms with E-state index in [1.54, 1.807) is 30.6 Å². The van der Waals surface area contributed by atoms with Crippen LogP contribution in [0.3, 0.4) is 0 Å². The van der Waals surface area contributed by atoms with Crippen LogP contribution in [0.1, 0.15) is 28.8 Å². The van der Waals surface area contributed by atoms with Gasteiger partial charge in [-0.05, 0) is 66.6 Å². The van der Waals surface area contributed by atoms with E-state index < -0.39 is 27.1 Å². The van der Waals surface area contributed by atoms with Gasteiger partial charge in [0.05, 0.1) is 9.80 Å². The van der Waals surface area contributed by atoms with Crippen LogP contribution in [0.15, 0.2) is 58.6 Å². The fourth-order valence-corrected chi connectivity index (χ4v) is 5.93. The fourth-order valence-electron chi connectivity index (χ4n) is 3.54. The number of hydrogen-bond acceptors (Lipinski definition) is 7. The van der Waals surface area contributed by atoms with E-state index in [0.717, 1.165) is 29.5 Å². The first kappa shape index (κ1) is 23.1. The Bertz CT molecular complexity index is 1190. The van der Waals surface area contributed by atoms with Gasteiger partial charge in [0, 0.05) is 44.1 Å². The molecule has 0 unspecified atom stereocenters. The van der Waals surface area contributed by atoms with Crippen molar-refractivity contribution in [2.24, 2.45) is 0 Å². The maximum absolute atomic E-state index is 12.6. The van der Waals surface area contributed by atoms with Crippen molar-refractivity contribution < 1.29 is 22.8 Å². The summed E-state index contributed by atoms with van der Waals surface area (Å²) in [5.41, 5.74) is 1.01. The topological polar surface area (TPSA) is 117 Å². The van der Waals surface area contributed by atoms with Crippen molar-refractivity contribution in [3.8, 4) is 0 Å². The number of imide groups is 1. The summed E-state index contributed by atoms with van der Waals surface area (Å²) in [5.74, 6) is -0.836.